The molecule has 1 aliphatic heterocycles. The zero-order valence-corrected chi connectivity index (χ0v) is 18.5. The van der Waals surface area contributed by atoms with Crippen molar-refractivity contribution in [2.24, 2.45) is 0 Å². The minimum Gasteiger partial charge on any atom is -0.363 e. The van der Waals surface area contributed by atoms with E-state index in [1.165, 1.54) is 5.56 Å². The van der Waals surface area contributed by atoms with Gasteiger partial charge in [0.2, 0.25) is 5.43 Å². The lowest BCUT2D eigenvalue weighted by Crippen LogP contribution is -2.44. The molecule has 0 radical (unpaired) electrons. The van der Waals surface area contributed by atoms with Crippen LogP contribution in [0.2, 0.25) is 0 Å². The van der Waals surface area contributed by atoms with Gasteiger partial charge in [-0.1, -0.05) is 18.2 Å². The van der Waals surface area contributed by atoms with Crippen LogP contribution >= 0.6 is 22.6 Å². The van der Waals surface area contributed by atoms with Gasteiger partial charge in [-0.3, -0.25) is 24.4 Å². The highest BCUT2D eigenvalue weighted by molar-refractivity contribution is 14.1. The Morgan fingerprint density at radius 1 is 1.00 bits per heavy atom. The van der Waals surface area contributed by atoms with Crippen molar-refractivity contribution in [3.05, 3.63) is 95.1 Å². The molecule has 1 amide bonds. The van der Waals surface area contributed by atoms with Crippen LogP contribution in [0, 0.1) is 3.57 Å². The van der Waals surface area contributed by atoms with Crippen molar-refractivity contribution in [1.29, 1.82) is 0 Å². The number of fused-ring (bicyclic) bond motifs is 2. The Morgan fingerprint density at radius 3 is 2.61 bits per heavy atom. The number of aromatic nitrogens is 2. The molecule has 3 aromatic carbocycles. The SMILES string of the molecule is O=C(NCc1ccc2c(c1)CN(c1c(I)c(=O)c1=O)CC2)c1ccc2nccnc2c1. The summed E-state index contributed by atoms with van der Waals surface area (Å²) in [6.07, 6.45) is 4.04. The lowest BCUT2D eigenvalue weighted by Gasteiger charge is -2.31. The summed E-state index contributed by atoms with van der Waals surface area (Å²) in [7, 11) is 0. The average molecular weight is 524 g/mol. The Bertz CT molecular complexity index is 1410. The van der Waals surface area contributed by atoms with E-state index in [1.807, 2.05) is 33.6 Å². The summed E-state index contributed by atoms with van der Waals surface area (Å²) < 4.78 is 0.523. The Kier molecular flexibility index (Phi) is 5.01. The quantitative estimate of drug-likeness (QED) is 0.326. The third kappa shape index (κ3) is 3.60. The normalized spacial score (nSPS) is 13.4. The van der Waals surface area contributed by atoms with Crippen molar-refractivity contribution in [1.82, 2.24) is 15.3 Å². The highest BCUT2D eigenvalue weighted by Crippen LogP contribution is 2.26. The molecule has 0 spiro atoms. The zero-order valence-electron chi connectivity index (χ0n) is 16.4. The number of amides is 1. The molecule has 0 atom stereocenters. The number of nitrogens with zero attached hydrogens (tertiary/aromatic N) is 3. The number of rotatable bonds is 4. The van der Waals surface area contributed by atoms with Gasteiger partial charge in [0, 0.05) is 37.6 Å². The maximum atomic E-state index is 12.6. The molecule has 4 aromatic rings. The minimum atomic E-state index is -0.392. The third-order valence-corrected chi connectivity index (χ3v) is 6.61. The van der Waals surface area contributed by atoms with Crippen molar-refractivity contribution in [2.45, 2.75) is 19.5 Å². The van der Waals surface area contributed by atoms with Gasteiger partial charge in [-0.2, -0.15) is 0 Å². The number of carbonyl (C=O) groups is 1. The number of carbonyl (C=O) groups excluding carboxylic acids is 1. The molecule has 0 saturated carbocycles. The second-order valence-electron chi connectivity index (χ2n) is 7.54. The number of halogens is 1. The van der Waals surface area contributed by atoms with Crippen molar-refractivity contribution in [3.63, 3.8) is 0 Å². The highest BCUT2D eigenvalue weighted by Gasteiger charge is 2.27. The molecular weight excluding hydrogens is 507 g/mol. The van der Waals surface area contributed by atoms with Crippen LogP contribution in [0.15, 0.2) is 58.4 Å². The van der Waals surface area contributed by atoms with Gasteiger partial charge in [0.15, 0.2) is 0 Å². The summed E-state index contributed by atoms with van der Waals surface area (Å²) in [5.74, 6) is -0.176. The Hall–Kier alpha value is -3.14. The number of hydrogen-bond donors (Lipinski definition) is 1. The van der Waals surface area contributed by atoms with Gasteiger partial charge in [-0.15, -0.1) is 0 Å². The first-order valence-electron chi connectivity index (χ1n) is 9.84. The number of hydrogen-bond acceptors (Lipinski definition) is 6. The monoisotopic (exact) mass is 524 g/mol. The molecule has 1 aromatic heterocycles. The van der Waals surface area contributed by atoms with Crippen LogP contribution in [0.3, 0.4) is 0 Å². The van der Waals surface area contributed by atoms with Crippen LogP contribution in [0.5, 0.6) is 0 Å². The van der Waals surface area contributed by atoms with Crippen LogP contribution in [-0.4, -0.2) is 22.4 Å². The van der Waals surface area contributed by atoms with E-state index in [4.69, 9.17) is 0 Å². The average Bonchev–Trinajstić information content (AvgIpc) is 2.81. The van der Waals surface area contributed by atoms with E-state index >= 15 is 0 Å². The molecule has 0 fully saturated rings. The van der Waals surface area contributed by atoms with Gasteiger partial charge < -0.3 is 10.2 Å². The van der Waals surface area contributed by atoms with Crippen molar-refractivity contribution >= 4 is 45.2 Å². The number of nitrogens with one attached hydrogen (secondary N) is 1. The Balaban J connectivity index is 1.30. The minimum absolute atomic E-state index is 0.176. The van der Waals surface area contributed by atoms with E-state index in [9.17, 15) is 14.4 Å². The molecule has 5 rings (SSSR count). The third-order valence-electron chi connectivity index (χ3n) is 5.61. The van der Waals surface area contributed by atoms with Crippen LogP contribution in [0.4, 0.5) is 5.69 Å². The summed E-state index contributed by atoms with van der Waals surface area (Å²) in [6.45, 7) is 1.69. The second kappa shape index (κ2) is 7.84. The largest absolute Gasteiger partial charge is 0.363 e. The number of benzene rings is 2. The molecule has 31 heavy (non-hydrogen) atoms. The Labute approximate surface area is 191 Å². The topological polar surface area (TPSA) is 92.3 Å². The fourth-order valence-corrected chi connectivity index (χ4v) is 4.77. The van der Waals surface area contributed by atoms with E-state index in [-0.39, 0.29) is 5.91 Å². The molecule has 0 aliphatic carbocycles. The van der Waals surface area contributed by atoms with Gasteiger partial charge in [0.1, 0.15) is 5.69 Å². The maximum absolute atomic E-state index is 12.6. The molecule has 0 unspecified atom stereocenters. The van der Waals surface area contributed by atoms with Crippen molar-refractivity contribution < 1.29 is 4.79 Å². The van der Waals surface area contributed by atoms with Gasteiger partial charge in [0.05, 0.1) is 14.6 Å². The van der Waals surface area contributed by atoms with E-state index < -0.39 is 10.9 Å². The van der Waals surface area contributed by atoms with E-state index in [0.29, 0.717) is 33.4 Å². The van der Waals surface area contributed by atoms with Gasteiger partial charge in [0.25, 0.3) is 11.3 Å². The molecule has 154 valence electrons. The first-order chi connectivity index (χ1) is 15.0. The number of anilines is 1. The van der Waals surface area contributed by atoms with E-state index in [0.717, 1.165) is 29.6 Å². The van der Waals surface area contributed by atoms with Crippen molar-refractivity contribution in [3.8, 4) is 0 Å². The Morgan fingerprint density at radius 2 is 1.81 bits per heavy atom. The first kappa shape index (κ1) is 19.8. The molecule has 1 aliphatic rings. The molecule has 0 bridgehead atoms. The lowest BCUT2D eigenvalue weighted by molar-refractivity contribution is 0.0951. The molecule has 7 nitrogen and oxygen atoms in total. The molecular formula is C23H17IN4O3. The maximum Gasteiger partial charge on any atom is 0.251 e. The van der Waals surface area contributed by atoms with Gasteiger partial charge in [-0.25, -0.2) is 0 Å². The van der Waals surface area contributed by atoms with Gasteiger partial charge >= 0.3 is 0 Å². The summed E-state index contributed by atoms with van der Waals surface area (Å²) in [5, 5.41) is 2.95. The lowest BCUT2D eigenvalue weighted by atomic mass is 9.96. The van der Waals surface area contributed by atoms with Crippen LogP contribution in [0.1, 0.15) is 27.0 Å². The summed E-state index contributed by atoms with van der Waals surface area (Å²) in [4.78, 5) is 46.5. The van der Waals surface area contributed by atoms with E-state index in [2.05, 4.69) is 27.4 Å². The molecule has 0 saturated heterocycles. The first-order valence-corrected chi connectivity index (χ1v) is 10.9. The predicted octanol–water partition coefficient (Wildman–Crippen LogP) is 2.32. The summed E-state index contributed by atoms with van der Waals surface area (Å²) in [6, 6.07) is 11.4. The van der Waals surface area contributed by atoms with Crippen LogP contribution in [-0.2, 0) is 19.5 Å². The summed E-state index contributed by atoms with van der Waals surface area (Å²) in [5.41, 5.74) is 5.03. The smallest absolute Gasteiger partial charge is 0.251 e. The van der Waals surface area contributed by atoms with E-state index in [1.54, 1.807) is 30.6 Å². The standard InChI is InChI=1S/C23H17IN4O3/c24-19-20(22(30)21(19)29)28-8-5-14-2-1-13(9-16(14)12-28)11-27-23(31)15-3-4-17-18(10-15)26-7-6-25-17/h1-4,6-7,9-10H,5,8,11-12H2,(H,27,31). The van der Waals surface area contributed by atoms with Crippen LogP contribution in [0.25, 0.3) is 11.0 Å². The summed E-state index contributed by atoms with van der Waals surface area (Å²) >= 11 is 1.95. The van der Waals surface area contributed by atoms with Crippen LogP contribution < -0.4 is 21.1 Å². The fraction of sp³-hybridized carbons (Fsp3) is 0.174. The predicted molar refractivity (Wildman–Crippen MR) is 126 cm³/mol. The second-order valence-corrected chi connectivity index (χ2v) is 8.62. The molecule has 1 N–H and O–H groups in total. The molecule has 2 heterocycles. The molecule has 8 heteroatoms. The highest BCUT2D eigenvalue weighted by atomic mass is 127. The van der Waals surface area contributed by atoms with Crippen molar-refractivity contribution in [2.75, 3.05) is 11.4 Å². The fourth-order valence-electron chi connectivity index (χ4n) is 3.93. The zero-order chi connectivity index (χ0) is 21.5. The van der Waals surface area contributed by atoms with Gasteiger partial charge in [-0.05, 0) is 63.9 Å².